The molecule has 0 spiro atoms. The van der Waals surface area contributed by atoms with Crippen molar-refractivity contribution in [2.24, 2.45) is 7.05 Å². The van der Waals surface area contributed by atoms with Crippen LogP contribution in [0.15, 0.2) is 61.1 Å². The van der Waals surface area contributed by atoms with Crippen molar-refractivity contribution in [1.29, 1.82) is 5.26 Å². The van der Waals surface area contributed by atoms with Crippen molar-refractivity contribution in [3.63, 3.8) is 0 Å². The van der Waals surface area contributed by atoms with E-state index in [-0.39, 0.29) is 5.75 Å². The van der Waals surface area contributed by atoms with Crippen LogP contribution < -0.4 is 10.1 Å². The Kier molecular flexibility index (Phi) is 5.26. The summed E-state index contributed by atoms with van der Waals surface area (Å²) in [7, 11) is 1.86. The number of nitriles is 1. The number of hydrogen-bond acceptors (Lipinski definition) is 5. The van der Waals surface area contributed by atoms with E-state index < -0.39 is 6.61 Å². The molecule has 1 N–H and O–H groups in total. The van der Waals surface area contributed by atoms with Crippen LogP contribution in [0.25, 0.3) is 22.0 Å². The molecule has 4 rings (SSSR count). The third kappa shape index (κ3) is 4.05. The zero-order valence-electron chi connectivity index (χ0n) is 16.0. The maximum Gasteiger partial charge on any atom is 0.387 e. The van der Waals surface area contributed by atoms with Gasteiger partial charge in [-0.05, 0) is 35.4 Å². The van der Waals surface area contributed by atoms with Crippen LogP contribution in [0.2, 0.25) is 0 Å². The van der Waals surface area contributed by atoms with Gasteiger partial charge in [0.15, 0.2) is 0 Å². The molecule has 2 aromatic heterocycles. The molecule has 2 aromatic carbocycles. The molecule has 0 radical (unpaired) electrons. The molecule has 0 aliphatic heterocycles. The summed E-state index contributed by atoms with van der Waals surface area (Å²) in [6.07, 6.45) is 5.19. The number of aromatic nitrogens is 3. The Morgan fingerprint density at radius 1 is 1.17 bits per heavy atom. The molecule has 150 valence electrons. The Balaban J connectivity index is 1.65. The van der Waals surface area contributed by atoms with Crippen LogP contribution in [-0.2, 0) is 13.6 Å². The number of ether oxygens (including phenoxy) is 1. The molecule has 0 fully saturated rings. The highest BCUT2D eigenvalue weighted by Crippen LogP contribution is 2.30. The first-order valence-electron chi connectivity index (χ1n) is 9.13. The van der Waals surface area contributed by atoms with Crippen molar-refractivity contribution in [1.82, 2.24) is 14.8 Å². The van der Waals surface area contributed by atoms with Gasteiger partial charge in [-0.15, -0.1) is 0 Å². The summed E-state index contributed by atoms with van der Waals surface area (Å²) in [5, 5.41) is 17.5. The van der Waals surface area contributed by atoms with Gasteiger partial charge in [-0.1, -0.05) is 18.2 Å². The first-order chi connectivity index (χ1) is 14.5. The number of hydrogen-bond donors (Lipinski definition) is 1. The quantitative estimate of drug-likeness (QED) is 0.502. The van der Waals surface area contributed by atoms with Crippen LogP contribution >= 0.6 is 0 Å². The lowest BCUT2D eigenvalue weighted by Crippen LogP contribution is -2.04. The van der Waals surface area contributed by atoms with Gasteiger partial charge in [-0.25, -0.2) is 0 Å². The number of benzene rings is 2. The van der Waals surface area contributed by atoms with Gasteiger partial charge < -0.3 is 10.1 Å². The van der Waals surface area contributed by atoms with E-state index in [9.17, 15) is 14.0 Å². The van der Waals surface area contributed by atoms with Gasteiger partial charge in [0.1, 0.15) is 11.8 Å². The average Bonchev–Trinajstić information content (AvgIpc) is 3.18. The highest BCUT2D eigenvalue weighted by atomic mass is 19.3. The second-order valence-electron chi connectivity index (χ2n) is 6.67. The van der Waals surface area contributed by atoms with Crippen molar-refractivity contribution in [3.05, 3.63) is 72.2 Å². The van der Waals surface area contributed by atoms with Gasteiger partial charge in [-0.2, -0.15) is 19.1 Å². The highest BCUT2D eigenvalue weighted by molar-refractivity contribution is 5.94. The molecule has 0 saturated carbocycles. The molecule has 0 saturated heterocycles. The van der Waals surface area contributed by atoms with E-state index in [1.165, 1.54) is 18.3 Å². The lowest BCUT2D eigenvalue weighted by Gasteiger charge is -2.13. The fourth-order valence-electron chi connectivity index (χ4n) is 3.24. The van der Waals surface area contributed by atoms with E-state index in [0.29, 0.717) is 28.7 Å². The number of aryl methyl sites for hydroxylation is 1. The summed E-state index contributed by atoms with van der Waals surface area (Å²) >= 11 is 0. The molecule has 8 heteroatoms. The second-order valence-corrected chi connectivity index (χ2v) is 6.67. The van der Waals surface area contributed by atoms with E-state index in [1.54, 1.807) is 16.9 Å². The maximum absolute atomic E-state index is 12.6. The fourth-order valence-corrected chi connectivity index (χ4v) is 3.24. The minimum Gasteiger partial charge on any atom is -0.435 e. The first-order valence-corrected chi connectivity index (χ1v) is 9.13. The molecule has 0 unspecified atom stereocenters. The van der Waals surface area contributed by atoms with Crippen LogP contribution in [0, 0.1) is 11.3 Å². The third-order valence-corrected chi connectivity index (χ3v) is 4.62. The molecule has 2 heterocycles. The van der Waals surface area contributed by atoms with E-state index >= 15 is 0 Å². The highest BCUT2D eigenvalue weighted by Gasteiger charge is 2.12. The summed E-state index contributed by atoms with van der Waals surface area (Å²) in [5.74, 6) is 0.0102. The molecule has 0 atom stereocenters. The van der Waals surface area contributed by atoms with Gasteiger partial charge >= 0.3 is 6.61 Å². The van der Waals surface area contributed by atoms with Gasteiger partial charge in [0, 0.05) is 36.9 Å². The molecule has 6 nitrogen and oxygen atoms in total. The van der Waals surface area contributed by atoms with Gasteiger partial charge in [0.25, 0.3) is 0 Å². The third-order valence-electron chi connectivity index (χ3n) is 4.62. The Labute approximate surface area is 171 Å². The Hall–Kier alpha value is -3.99. The molecule has 0 bridgehead atoms. The van der Waals surface area contributed by atoms with Crippen molar-refractivity contribution >= 4 is 16.6 Å². The van der Waals surface area contributed by atoms with E-state index in [2.05, 4.69) is 26.2 Å². The standard InChI is InChI=1S/C22H17F2N5O/c1-29-13-17(12-28-29)15-4-2-3-14(7-15)10-27-21-16(9-25)11-26-20-6-5-18(8-19(20)21)30-22(23)24/h2-8,11-13,22H,10H2,1H3,(H,26,27). The van der Waals surface area contributed by atoms with E-state index in [0.717, 1.165) is 16.7 Å². The zero-order chi connectivity index (χ0) is 21.1. The molecule has 0 amide bonds. The van der Waals surface area contributed by atoms with Crippen molar-refractivity contribution in [2.45, 2.75) is 13.2 Å². The summed E-state index contributed by atoms with van der Waals surface area (Å²) in [4.78, 5) is 4.23. The van der Waals surface area contributed by atoms with E-state index in [1.807, 2.05) is 37.5 Å². The second kappa shape index (κ2) is 8.17. The van der Waals surface area contributed by atoms with E-state index in [4.69, 9.17) is 0 Å². The minimum atomic E-state index is -2.93. The van der Waals surface area contributed by atoms with Crippen LogP contribution in [0.1, 0.15) is 11.1 Å². The van der Waals surface area contributed by atoms with Crippen molar-refractivity contribution in [3.8, 4) is 22.9 Å². The topological polar surface area (TPSA) is 75.8 Å². The molecule has 0 aliphatic rings. The molecule has 0 aliphatic carbocycles. The maximum atomic E-state index is 12.6. The van der Waals surface area contributed by atoms with Crippen molar-refractivity contribution in [2.75, 3.05) is 5.32 Å². The van der Waals surface area contributed by atoms with Gasteiger partial charge in [0.2, 0.25) is 0 Å². The number of fused-ring (bicyclic) bond motifs is 1. The average molecular weight is 405 g/mol. The normalized spacial score (nSPS) is 10.9. The largest absolute Gasteiger partial charge is 0.435 e. The minimum absolute atomic E-state index is 0.0102. The number of nitrogens with one attached hydrogen (secondary N) is 1. The number of anilines is 1. The van der Waals surface area contributed by atoms with Gasteiger partial charge in [0.05, 0.1) is 23.0 Å². The SMILES string of the molecule is Cn1cc(-c2cccc(CNc3c(C#N)cnc4ccc(OC(F)F)cc34)c2)cn1. The monoisotopic (exact) mass is 405 g/mol. The number of pyridine rings is 1. The summed E-state index contributed by atoms with van der Waals surface area (Å²) in [5.41, 5.74) is 4.43. The molecule has 4 aromatic rings. The number of halogens is 2. The lowest BCUT2D eigenvalue weighted by molar-refractivity contribution is -0.0497. The van der Waals surface area contributed by atoms with Crippen LogP contribution in [-0.4, -0.2) is 21.4 Å². The van der Waals surface area contributed by atoms with Crippen LogP contribution in [0.4, 0.5) is 14.5 Å². The number of rotatable bonds is 6. The molecular weight excluding hydrogens is 388 g/mol. The zero-order valence-corrected chi connectivity index (χ0v) is 16.0. The Morgan fingerprint density at radius 2 is 2.03 bits per heavy atom. The lowest BCUT2D eigenvalue weighted by atomic mass is 10.1. The number of nitrogens with zero attached hydrogens (tertiary/aromatic N) is 4. The van der Waals surface area contributed by atoms with Crippen LogP contribution in [0.3, 0.4) is 0 Å². The summed E-state index contributed by atoms with van der Waals surface area (Å²) in [6.45, 7) is -2.50. The predicted molar refractivity (Wildman–Crippen MR) is 109 cm³/mol. The summed E-state index contributed by atoms with van der Waals surface area (Å²) < 4.78 is 31.4. The smallest absolute Gasteiger partial charge is 0.387 e. The predicted octanol–water partition coefficient (Wildman–Crippen LogP) is 4.72. The van der Waals surface area contributed by atoms with Crippen LogP contribution in [0.5, 0.6) is 5.75 Å². The van der Waals surface area contributed by atoms with Crippen molar-refractivity contribution < 1.29 is 13.5 Å². The Morgan fingerprint density at radius 3 is 2.77 bits per heavy atom. The molecular formula is C22H17F2N5O. The summed E-state index contributed by atoms with van der Waals surface area (Å²) in [6, 6.07) is 14.5. The Bertz CT molecular complexity index is 1250. The molecule has 30 heavy (non-hydrogen) atoms. The van der Waals surface area contributed by atoms with Gasteiger partial charge in [-0.3, -0.25) is 9.67 Å². The number of alkyl halides is 2. The first kappa shape index (κ1) is 19.3. The fraction of sp³-hybridized carbons (Fsp3) is 0.136.